The number of hydrogen-bond donors (Lipinski definition) is 1. The number of para-hydroxylation sites is 2. The second-order valence-corrected chi connectivity index (χ2v) is 6.29. The molecular weight excluding hydrogens is 316 g/mol. The molecule has 0 aliphatic carbocycles. The number of aliphatic hydroxyl groups excluding tert-OH is 1. The average Bonchev–Trinajstić information content (AvgIpc) is 2.92. The minimum atomic E-state index is -0.645. The molecule has 3 aromatic rings. The summed E-state index contributed by atoms with van der Waals surface area (Å²) in [4.78, 5) is 4.58. The van der Waals surface area contributed by atoms with Crippen molar-refractivity contribution in [2.24, 2.45) is 0 Å². The number of aryl methyl sites for hydroxylation is 2. The Labute approximate surface area is 147 Å². The molecule has 1 atom stereocenters. The summed E-state index contributed by atoms with van der Waals surface area (Å²) in [5, 5.41) is 10.5. The van der Waals surface area contributed by atoms with Gasteiger partial charge in [0.1, 0.15) is 30.9 Å². The Morgan fingerprint density at radius 3 is 2.72 bits per heavy atom. The number of hydrogen-bond acceptors (Lipinski definition) is 4. The van der Waals surface area contributed by atoms with Crippen molar-refractivity contribution in [2.45, 2.75) is 33.1 Å². The summed E-state index contributed by atoms with van der Waals surface area (Å²) in [6.07, 6.45) is -0.645. The number of benzene rings is 2. The average molecular weight is 340 g/mol. The molecule has 0 unspecified atom stereocenters. The zero-order valence-electron chi connectivity index (χ0n) is 14.9. The third-order valence-corrected chi connectivity index (χ3v) is 4.16. The first-order valence-corrected chi connectivity index (χ1v) is 8.39. The minimum absolute atomic E-state index is 0.225. The number of nitrogens with zero attached hydrogens (tertiary/aromatic N) is 2. The van der Waals surface area contributed by atoms with Crippen LogP contribution in [0.1, 0.15) is 17.0 Å². The van der Waals surface area contributed by atoms with Crippen LogP contribution in [0.4, 0.5) is 0 Å². The Balaban J connectivity index is 1.73. The lowest BCUT2D eigenvalue weighted by Gasteiger charge is -2.16. The standard InChI is InChI=1S/C20H24N2O3/c1-14-8-9-19(15(2)10-14)25-12-16(23)11-22-18-7-5-4-6-17(18)21-20(22)13-24-3/h4-10,16,23H,11-13H2,1-3H3/t16-/m0/s1. The zero-order chi connectivity index (χ0) is 17.8. The van der Waals surface area contributed by atoms with Crippen molar-refractivity contribution in [3.63, 3.8) is 0 Å². The lowest BCUT2D eigenvalue weighted by molar-refractivity contribution is 0.0898. The van der Waals surface area contributed by atoms with Gasteiger partial charge >= 0.3 is 0 Å². The van der Waals surface area contributed by atoms with E-state index in [1.165, 1.54) is 5.56 Å². The molecule has 1 aromatic heterocycles. The SMILES string of the molecule is COCc1nc2ccccc2n1C[C@H](O)COc1ccc(C)cc1C. The van der Waals surface area contributed by atoms with Crippen molar-refractivity contribution in [1.29, 1.82) is 0 Å². The van der Waals surface area contributed by atoms with Crippen LogP contribution in [-0.2, 0) is 17.9 Å². The van der Waals surface area contributed by atoms with Crippen LogP contribution >= 0.6 is 0 Å². The van der Waals surface area contributed by atoms with Crippen molar-refractivity contribution < 1.29 is 14.6 Å². The summed E-state index contributed by atoms with van der Waals surface area (Å²) < 4.78 is 13.0. The molecule has 0 aliphatic rings. The number of ether oxygens (including phenoxy) is 2. The molecule has 132 valence electrons. The Bertz CT molecular complexity index is 857. The predicted octanol–water partition coefficient (Wildman–Crippen LogP) is 3.24. The van der Waals surface area contributed by atoms with Gasteiger partial charge in [-0.1, -0.05) is 29.8 Å². The van der Waals surface area contributed by atoms with Crippen LogP contribution in [0.3, 0.4) is 0 Å². The molecule has 0 amide bonds. The van der Waals surface area contributed by atoms with Gasteiger partial charge in [-0.25, -0.2) is 4.98 Å². The number of imidazole rings is 1. The predicted molar refractivity (Wildman–Crippen MR) is 97.9 cm³/mol. The van der Waals surface area contributed by atoms with Crippen molar-refractivity contribution in [3.05, 3.63) is 59.4 Å². The number of aliphatic hydroxyl groups is 1. The van der Waals surface area contributed by atoms with E-state index >= 15 is 0 Å². The molecule has 0 spiro atoms. The van der Waals surface area contributed by atoms with E-state index in [-0.39, 0.29) is 6.61 Å². The molecule has 5 nitrogen and oxygen atoms in total. The van der Waals surface area contributed by atoms with Gasteiger partial charge in [0.2, 0.25) is 0 Å². The lowest BCUT2D eigenvalue weighted by Crippen LogP contribution is -2.25. The second-order valence-electron chi connectivity index (χ2n) is 6.29. The summed E-state index contributed by atoms with van der Waals surface area (Å²) >= 11 is 0. The highest BCUT2D eigenvalue weighted by Gasteiger charge is 2.15. The van der Waals surface area contributed by atoms with Crippen molar-refractivity contribution in [2.75, 3.05) is 13.7 Å². The first-order chi connectivity index (χ1) is 12.1. The fraction of sp³-hybridized carbons (Fsp3) is 0.350. The second kappa shape index (κ2) is 7.68. The number of rotatable bonds is 7. The van der Waals surface area contributed by atoms with Crippen LogP contribution in [0.2, 0.25) is 0 Å². The van der Waals surface area contributed by atoms with Gasteiger partial charge in [0.25, 0.3) is 0 Å². The molecule has 0 fully saturated rings. The maximum atomic E-state index is 10.5. The number of methoxy groups -OCH3 is 1. The topological polar surface area (TPSA) is 56.5 Å². The number of aromatic nitrogens is 2. The van der Waals surface area contributed by atoms with Gasteiger partial charge in [-0.15, -0.1) is 0 Å². The molecule has 2 aromatic carbocycles. The van der Waals surface area contributed by atoms with Crippen LogP contribution in [0.5, 0.6) is 5.75 Å². The highest BCUT2D eigenvalue weighted by Crippen LogP contribution is 2.20. The normalized spacial score (nSPS) is 12.5. The molecule has 5 heteroatoms. The van der Waals surface area contributed by atoms with E-state index in [9.17, 15) is 5.11 Å². The minimum Gasteiger partial charge on any atom is -0.491 e. The molecule has 0 aliphatic heterocycles. The van der Waals surface area contributed by atoms with Crippen molar-refractivity contribution in [3.8, 4) is 5.75 Å². The summed E-state index contributed by atoms with van der Waals surface area (Å²) in [7, 11) is 1.64. The summed E-state index contributed by atoms with van der Waals surface area (Å²) in [5.74, 6) is 1.60. The zero-order valence-corrected chi connectivity index (χ0v) is 14.9. The summed E-state index contributed by atoms with van der Waals surface area (Å²) in [6, 6.07) is 13.9. The third-order valence-electron chi connectivity index (χ3n) is 4.16. The number of fused-ring (bicyclic) bond motifs is 1. The summed E-state index contributed by atoms with van der Waals surface area (Å²) in [5.41, 5.74) is 4.15. The maximum Gasteiger partial charge on any atom is 0.136 e. The maximum absolute atomic E-state index is 10.5. The van der Waals surface area contributed by atoms with Crippen molar-refractivity contribution in [1.82, 2.24) is 9.55 Å². The van der Waals surface area contributed by atoms with E-state index < -0.39 is 6.10 Å². The van der Waals surface area contributed by atoms with Gasteiger partial charge in [-0.3, -0.25) is 0 Å². The van der Waals surface area contributed by atoms with Gasteiger partial charge in [0.05, 0.1) is 17.6 Å². The first-order valence-electron chi connectivity index (χ1n) is 8.39. The molecule has 1 heterocycles. The molecule has 25 heavy (non-hydrogen) atoms. The van der Waals surface area contributed by atoms with E-state index in [0.717, 1.165) is 28.2 Å². The van der Waals surface area contributed by atoms with Crippen LogP contribution in [0.25, 0.3) is 11.0 Å². The third kappa shape index (κ3) is 4.00. The Kier molecular flexibility index (Phi) is 5.36. The molecule has 0 saturated carbocycles. The van der Waals surface area contributed by atoms with E-state index in [4.69, 9.17) is 9.47 Å². The molecular formula is C20H24N2O3. The molecule has 1 N–H and O–H groups in total. The first kappa shape index (κ1) is 17.5. The van der Waals surface area contributed by atoms with Gasteiger partial charge in [0.15, 0.2) is 0 Å². The van der Waals surface area contributed by atoms with Crippen LogP contribution in [0.15, 0.2) is 42.5 Å². The Morgan fingerprint density at radius 2 is 1.96 bits per heavy atom. The smallest absolute Gasteiger partial charge is 0.136 e. The van der Waals surface area contributed by atoms with E-state index in [1.807, 2.05) is 54.8 Å². The summed E-state index contributed by atoms with van der Waals surface area (Å²) in [6.45, 7) is 5.09. The highest BCUT2D eigenvalue weighted by atomic mass is 16.5. The fourth-order valence-corrected chi connectivity index (χ4v) is 2.98. The monoisotopic (exact) mass is 340 g/mol. The van der Waals surface area contributed by atoms with Gasteiger partial charge in [-0.05, 0) is 37.6 Å². The van der Waals surface area contributed by atoms with Crippen molar-refractivity contribution >= 4 is 11.0 Å². The molecule has 0 bridgehead atoms. The van der Waals surface area contributed by atoms with Crippen LogP contribution in [0, 0.1) is 13.8 Å². The van der Waals surface area contributed by atoms with Crippen LogP contribution < -0.4 is 4.74 Å². The van der Waals surface area contributed by atoms with Gasteiger partial charge < -0.3 is 19.1 Å². The van der Waals surface area contributed by atoms with E-state index in [0.29, 0.717) is 13.2 Å². The lowest BCUT2D eigenvalue weighted by atomic mass is 10.1. The van der Waals surface area contributed by atoms with Gasteiger partial charge in [0, 0.05) is 7.11 Å². The highest BCUT2D eigenvalue weighted by molar-refractivity contribution is 5.75. The Hall–Kier alpha value is -2.37. The van der Waals surface area contributed by atoms with Crippen LogP contribution in [-0.4, -0.2) is 34.5 Å². The van der Waals surface area contributed by atoms with Gasteiger partial charge in [-0.2, -0.15) is 0 Å². The molecule has 3 rings (SSSR count). The van der Waals surface area contributed by atoms with E-state index in [2.05, 4.69) is 11.1 Å². The van der Waals surface area contributed by atoms with E-state index in [1.54, 1.807) is 7.11 Å². The Morgan fingerprint density at radius 1 is 1.16 bits per heavy atom. The fourth-order valence-electron chi connectivity index (χ4n) is 2.98. The molecule has 0 radical (unpaired) electrons. The largest absolute Gasteiger partial charge is 0.491 e. The molecule has 0 saturated heterocycles. The quantitative estimate of drug-likeness (QED) is 0.717.